The molecule has 0 amide bonds. The van der Waals surface area contributed by atoms with Crippen molar-refractivity contribution in [2.45, 2.75) is 70.4 Å². The van der Waals surface area contributed by atoms with E-state index in [-0.39, 0.29) is 0 Å². The molecule has 0 unspecified atom stereocenters. The first kappa shape index (κ1) is 16.8. The first-order chi connectivity index (χ1) is 11.3. The predicted molar refractivity (Wildman–Crippen MR) is 99.9 cm³/mol. The van der Waals surface area contributed by atoms with Crippen LogP contribution in [0.4, 0.5) is 0 Å². The third kappa shape index (κ3) is 2.26. The standard InChI is InChI=1S/C13H13.C10H15.Hf/c1-9-5-6-12-7-10-3-2-4-11(10)8-13(9)12;1-6-7(2)9(4)10(5)8(6)3;/h7-8H,2-4,6H2,1H3;1-5H3;. The fourth-order valence-electron chi connectivity index (χ4n) is 4.88. The van der Waals surface area contributed by atoms with Crippen molar-refractivity contribution in [3.05, 3.63) is 60.0 Å². The van der Waals surface area contributed by atoms with Crippen molar-refractivity contribution < 1.29 is 22.9 Å². The molecule has 0 atom stereocenters. The number of aryl methyl sites for hydroxylation is 2. The van der Waals surface area contributed by atoms with Crippen molar-refractivity contribution in [3.63, 3.8) is 0 Å². The Bertz CT molecular complexity index is 821. The van der Waals surface area contributed by atoms with E-state index in [9.17, 15) is 0 Å². The van der Waals surface area contributed by atoms with Crippen molar-refractivity contribution in [2.75, 3.05) is 0 Å². The summed E-state index contributed by atoms with van der Waals surface area (Å²) in [7, 11) is 0. The van der Waals surface area contributed by atoms with Crippen molar-refractivity contribution in [1.29, 1.82) is 0 Å². The Morgan fingerprint density at radius 1 is 0.792 bits per heavy atom. The molecule has 4 rings (SSSR count). The number of fused-ring (bicyclic) bond motifs is 2. The van der Waals surface area contributed by atoms with Gasteiger partial charge in [0.25, 0.3) is 0 Å². The molecule has 0 fully saturated rings. The fourth-order valence-corrected chi connectivity index (χ4v) is 11.9. The SMILES string of the molecule is CC1=C(C)[C](C)([Hf][C]2=C(C)c3cc4c(cc3C2)CCC4)C(C)=C1C. The third-order valence-corrected chi connectivity index (χ3v) is 14.7. The van der Waals surface area contributed by atoms with Gasteiger partial charge in [0.15, 0.2) is 0 Å². The Labute approximate surface area is 158 Å². The van der Waals surface area contributed by atoms with Crippen molar-refractivity contribution in [2.24, 2.45) is 0 Å². The number of hydrogen-bond donors (Lipinski definition) is 0. The molecule has 0 N–H and O–H groups in total. The summed E-state index contributed by atoms with van der Waals surface area (Å²) in [6.45, 7) is 14.4. The molecule has 0 saturated carbocycles. The van der Waals surface area contributed by atoms with Gasteiger partial charge in [0.05, 0.1) is 0 Å². The second-order valence-electron chi connectivity index (χ2n) is 8.16. The first-order valence-electron chi connectivity index (χ1n) is 9.32. The third-order valence-electron chi connectivity index (χ3n) is 7.13. The Kier molecular flexibility index (Phi) is 3.95. The maximum absolute atomic E-state index is 2.55. The van der Waals surface area contributed by atoms with Gasteiger partial charge in [-0.05, 0) is 0 Å². The number of hydrogen-bond acceptors (Lipinski definition) is 0. The molecule has 0 saturated heterocycles. The van der Waals surface area contributed by atoms with Gasteiger partial charge < -0.3 is 0 Å². The van der Waals surface area contributed by atoms with Crippen LogP contribution in [0.5, 0.6) is 0 Å². The molecule has 3 aliphatic carbocycles. The van der Waals surface area contributed by atoms with Crippen molar-refractivity contribution in [3.8, 4) is 0 Å². The second kappa shape index (κ2) is 5.66. The summed E-state index contributed by atoms with van der Waals surface area (Å²) >= 11 is -0.966. The van der Waals surface area contributed by atoms with Gasteiger partial charge in [-0.1, -0.05) is 0 Å². The molecule has 0 aliphatic heterocycles. The van der Waals surface area contributed by atoms with E-state index in [2.05, 4.69) is 53.7 Å². The summed E-state index contributed by atoms with van der Waals surface area (Å²) in [4.78, 5) is 0. The molecule has 0 spiro atoms. The molecule has 0 heterocycles. The minimum absolute atomic E-state index is 0.412. The van der Waals surface area contributed by atoms with Gasteiger partial charge in [0, 0.05) is 0 Å². The summed E-state index contributed by atoms with van der Waals surface area (Å²) in [5, 5.41) is 0. The van der Waals surface area contributed by atoms with Crippen molar-refractivity contribution in [1.82, 2.24) is 0 Å². The Morgan fingerprint density at radius 3 is 2.00 bits per heavy atom. The zero-order valence-corrected chi connectivity index (χ0v) is 19.6. The van der Waals surface area contributed by atoms with Crippen LogP contribution in [0.3, 0.4) is 0 Å². The van der Waals surface area contributed by atoms with Crippen LogP contribution < -0.4 is 0 Å². The van der Waals surface area contributed by atoms with Crippen LogP contribution >= 0.6 is 0 Å². The summed E-state index contributed by atoms with van der Waals surface area (Å²) in [6, 6.07) is 5.10. The number of benzene rings is 1. The van der Waals surface area contributed by atoms with E-state index in [1.54, 1.807) is 50.1 Å². The monoisotopic (exact) mass is 484 g/mol. The maximum atomic E-state index is 2.55. The number of rotatable bonds is 2. The van der Waals surface area contributed by atoms with E-state index in [1.807, 2.05) is 3.33 Å². The molecule has 3 aliphatic rings. The van der Waals surface area contributed by atoms with Crippen molar-refractivity contribution >= 4 is 5.57 Å². The van der Waals surface area contributed by atoms with Gasteiger partial charge in [-0.3, -0.25) is 0 Å². The van der Waals surface area contributed by atoms with Crippen LogP contribution in [0, 0.1) is 0 Å². The zero-order valence-electron chi connectivity index (χ0n) is 16.0. The van der Waals surface area contributed by atoms with Gasteiger partial charge in [0.2, 0.25) is 0 Å². The minimum atomic E-state index is -0.966. The van der Waals surface area contributed by atoms with Gasteiger partial charge in [-0.25, -0.2) is 0 Å². The van der Waals surface area contributed by atoms with E-state index >= 15 is 0 Å². The van der Waals surface area contributed by atoms with E-state index in [1.165, 1.54) is 25.7 Å². The molecule has 1 aromatic carbocycles. The molecular weight excluding hydrogens is 455 g/mol. The zero-order chi connectivity index (χ0) is 17.2. The fraction of sp³-hybridized carbons (Fsp3) is 0.478. The molecule has 124 valence electrons. The van der Waals surface area contributed by atoms with E-state index in [4.69, 9.17) is 0 Å². The Morgan fingerprint density at radius 2 is 1.38 bits per heavy atom. The van der Waals surface area contributed by atoms with Crippen LogP contribution in [0.15, 0.2) is 37.8 Å². The topological polar surface area (TPSA) is 0 Å². The molecule has 0 nitrogen and oxygen atoms in total. The Hall–Kier alpha value is -0.690. The van der Waals surface area contributed by atoms with E-state index in [0.29, 0.717) is 3.17 Å². The van der Waals surface area contributed by atoms with Crippen LogP contribution in [0.25, 0.3) is 5.57 Å². The second-order valence-corrected chi connectivity index (χ2v) is 14.8. The van der Waals surface area contributed by atoms with Gasteiger partial charge in [0.1, 0.15) is 0 Å². The molecule has 1 aromatic rings. The number of allylic oxidation sites excluding steroid dienone is 6. The molecule has 1 heteroatoms. The normalized spacial score (nSPS) is 21.8. The van der Waals surface area contributed by atoms with Gasteiger partial charge in [-0.2, -0.15) is 0 Å². The molecule has 0 bridgehead atoms. The van der Waals surface area contributed by atoms with Crippen LogP contribution in [-0.4, -0.2) is 0 Å². The predicted octanol–water partition coefficient (Wildman–Crippen LogP) is 6.41. The average Bonchev–Trinajstić information content (AvgIpc) is 3.17. The summed E-state index contributed by atoms with van der Waals surface area (Å²) in [5.74, 6) is 0. The van der Waals surface area contributed by atoms with Crippen LogP contribution in [0.1, 0.15) is 70.2 Å². The van der Waals surface area contributed by atoms with E-state index in [0.717, 1.165) is 0 Å². The summed E-state index contributed by atoms with van der Waals surface area (Å²) in [6.07, 6.45) is 5.22. The van der Waals surface area contributed by atoms with Crippen LogP contribution in [-0.2, 0) is 42.2 Å². The van der Waals surface area contributed by atoms with Gasteiger partial charge >= 0.3 is 159 Å². The molecular formula is C23H28Hf. The molecule has 0 radical (unpaired) electrons. The average molecular weight is 483 g/mol. The van der Waals surface area contributed by atoms with Gasteiger partial charge in [-0.15, -0.1) is 0 Å². The van der Waals surface area contributed by atoms with E-state index < -0.39 is 22.9 Å². The quantitative estimate of drug-likeness (QED) is 0.427. The Balaban J connectivity index is 1.71. The summed E-state index contributed by atoms with van der Waals surface area (Å²) in [5.41, 5.74) is 14.6. The molecule has 0 aromatic heterocycles. The van der Waals surface area contributed by atoms with Crippen LogP contribution in [0.2, 0.25) is 3.17 Å². The molecule has 24 heavy (non-hydrogen) atoms. The summed E-state index contributed by atoms with van der Waals surface area (Å²) < 4.78 is 2.27. The first-order valence-corrected chi connectivity index (χ1v) is 12.9.